The van der Waals surface area contributed by atoms with E-state index >= 15 is 0 Å². The first-order chi connectivity index (χ1) is 9.07. The van der Waals surface area contributed by atoms with Gasteiger partial charge in [0, 0.05) is 29.8 Å². The standard InChI is InChI=1S/C15H17FN2S/c1-15(2,10-3-5-11(16)6-4-10)14-18-12-7-8-17-9-13(12)19-14/h3-6,17H,7-9H2,1-2H3. The molecule has 0 saturated carbocycles. The molecule has 1 aromatic carbocycles. The molecule has 100 valence electrons. The second kappa shape index (κ2) is 4.69. The largest absolute Gasteiger partial charge is 0.311 e. The number of aromatic nitrogens is 1. The van der Waals surface area contributed by atoms with Crippen molar-refractivity contribution in [2.45, 2.75) is 32.2 Å². The van der Waals surface area contributed by atoms with Crippen LogP contribution in [0.15, 0.2) is 24.3 Å². The minimum atomic E-state index is -0.192. The van der Waals surface area contributed by atoms with Gasteiger partial charge in [-0.05, 0) is 31.5 Å². The Bertz CT molecular complexity index is 563. The summed E-state index contributed by atoms with van der Waals surface area (Å²) in [6.07, 6.45) is 1.01. The van der Waals surface area contributed by atoms with E-state index in [1.54, 1.807) is 11.3 Å². The highest BCUT2D eigenvalue weighted by molar-refractivity contribution is 7.12. The van der Waals surface area contributed by atoms with Gasteiger partial charge in [0.1, 0.15) is 10.8 Å². The van der Waals surface area contributed by atoms with Crippen molar-refractivity contribution >= 4 is 11.3 Å². The van der Waals surface area contributed by atoms with Gasteiger partial charge in [-0.25, -0.2) is 9.37 Å². The van der Waals surface area contributed by atoms with Crippen LogP contribution in [-0.4, -0.2) is 11.5 Å². The van der Waals surface area contributed by atoms with Crippen molar-refractivity contribution in [1.82, 2.24) is 10.3 Å². The molecule has 19 heavy (non-hydrogen) atoms. The van der Waals surface area contributed by atoms with Crippen LogP contribution in [0.3, 0.4) is 0 Å². The van der Waals surface area contributed by atoms with Crippen LogP contribution in [0.25, 0.3) is 0 Å². The zero-order valence-electron chi connectivity index (χ0n) is 11.2. The lowest BCUT2D eigenvalue weighted by Crippen LogP contribution is -2.22. The summed E-state index contributed by atoms with van der Waals surface area (Å²) in [4.78, 5) is 6.15. The molecule has 0 fully saturated rings. The Balaban J connectivity index is 1.99. The van der Waals surface area contributed by atoms with Crippen molar-refractivity contribution < 1.29 is 4.39 Å². The molecule has 3 rings (SSSR count). The minimum absolute atomic E-state index is 0.171. The van der Waals surface area contributed by atoms with E-state index in [2.05, 4.69) is 19.2 Å². The summed E-state index contributed by atoms with van der Waals surface area (Å²) in [5, 5.41) is 4.49. The highest BCUT2D eigenvalue weighted by atomic mass is 32.1. The molecule has 0 spiro atoms. The van der Waals surface area contributed by atoms with Gasteiger partial charge in [-0.15, -0.1) is 11.3 Å². The number of rotatable bonds is 2. The maximum atomic E-state index is 13.0. The fraction of sp³-hybridized carbons (Fsp3) is 0.400. The van der Waals surface area contributed by atoms with E-state index in [0.717, 1.165) is 30.1 Å². The highest BCUT2D eigenvalue weighted by Crippen LogP contribution is 2.36. The van der Waals surface area contributed by atoms with Gasteiger partial charge in [-0.3, -0.25) is 0 Å². The molecule has 2 heterocycles. The predicted octanol–water partition coefficient (Wildman–Crippen LogP) is 3.25. The molecule has 0 bridgehead atoms. The summed E-state index contributed by atoms with van der Waals surface area (Å²) in [7, 11) is 0. The van der Waals surface area contributed by atoms with Gasteiger partial charge in [0.05, 0.1) is 5.69 Å². The summed E-state index contributed by atoms with van der Waals surface area (Å²) in [5.41, 5.74) is 2.16. The van der Waals surface area contributed by atoms with Gasteiger partial charge < -0.3 is 5.32 Å². The Morgan fingerprint density at radius 1 is 1.26 bits per heavy atom. The number of nitrogens with one attached hydrogen (secondary N) is 1. The SMILES string of the molecule is CC(C)(c1ccc(F)cc1)c1nc2c(s1)CNCC2. The molecule has 1 aromatic heterocycles. The van der Waals surface area contributed by atoms with Crippen LogP contribution >= 0.6 is 11.3 Å². The Kier molecular flexibility index (Phi) is 3.15. The average molecular weight is 276 g/mol. The molecule has 1 N–H and O–H groups in total. The molecule has 0 saturated heterocycles. The van der Waals surface area contributed by atoms with E-state index in [4.69, 9.17) is 4.98 Å². The zero-order valence-corrected chi connectivity index (χ0v) is 12.0. The van der Waals surface area contributed by atoms with Crippen molar-refractivity contribution in [3.8, 4) is 0 Å². The summed E-state index contributed by atoms with van der Waals surface area (Å²) >= 11 is 1.77. The number of thiazole rings is 1. The molecule has 0 unspecified atom stereocenters. The summed E-state index contributed by atoms with van der Waals surface area (Å²) < 4.78 is 13.0. The minimum Gasteiger partial charge on any atom is -0.311 e. The van der Waals surface area contributed by atoms with Crippen LogP contribution in [0, 0.1) is 5.82 Å². The number of fused-ring (bicyclic) bond motifs is 1. The fourth-order valence-electron chi connectivity index (χ4n) is 2.38. The predicted molar refractivity (Wildman–Crippen MR) is 76.1 cm³/mol. The lowest BCUT2D eigenvalue weighted by molar-refractivity contribution is 0.606. The van der Waals surface area contributed by atoms with Crippen LogP contribution in [0.1, 0.15) is 35.0 Å². The van der Waals surface area contributed by atoms with E-state index in [1.807, 2.05) is 12.1 Å². The van der Waals surface area contributed by atoms with E-state index in [-0.39, 0.29) is 11.2 Å². The Morgan fingerprint density at radius 2 is 2.00 bits per heavy atom. The molecule has 0 aliphatic carbocycles. The average Bonchev–Trinajstić information content (AvgIpc) is 2.83. The van der Waals surface area contributed by atoms with Crippen molar-refractivity contribution in [2.75, 3.05) is 6.54 Å². The molecule has 1 aliphatic rings. The van der Waals surface area contributed by atoms with Crippen LogP contribution in [0.2, 0.25) is 0 Å². The van der Waals surface area contributed by atoms with Gasteiger partial charge >= 0.3 is 0 Å². The fourth-order valence-corrected chi connectivity index (χ4v) is 3.58. The smallest absolute Gasteiger partial charge is 0.123 e. The number of hydrogen-bond donors (Lipinski definition) is 1. The first-order valence-corrected chi connectivity index (χ1v) is 7.35. The molecule has 4 heteroatoms. The Labute approximate surface area is 116 Å². The number of halogens is 1. The van der Waals surface area contributed by atoms with Gasteiger partial charge in [0.2, 0.25) is 0 Å². The van der Waals surface area contributed by atoms with Gasteiger partial charge in [-0.2, -0.15) is 0 Å². The topological polar surface area (TPSA) is 24.9 Å². The third-order valence-electron chi connectivity index (χ3n) is 3.70. The summed E-state index contributed by atoms with van der Waals surface area (Å²) in [5.74, 6) is -0.192. The molecule has 0 amide bonds. The lowest BCUT2D eigenvalue weighted by atomic mass is 9.85. The molecule has 0 radical (unpaired) electrons. The second-order valence-electron chi connectivity index (χ2n) is 5.45. The van der Waals surface area contributed by atoms with Crippen LogP contribution < -0.4 is 5.32 Å². The Hall–Kier alpha value is -1.26. The first kappa shape index (κ1) is 12.8. The molecule has 1 aliphatic heterocycles. The van der Waals surface area contributed by atoms with E-state index in [9.17, 15) is 4.39 Å². The molecule has 0 atom stereocenters. The quantitative estimate of drug-likeness (QED) is 0.910. The second-order valence-corrected chi connectivity index (χ2v) is 6.53. The van der Waals surface area contributed by atoms with Crippen molar-refractivity contribution in [1.29, 1.82) is 0 Å². The number of benzene rings is 1. The van der Waals surface area contributed by atoms with Gasteiger partial charge in [-0.1, -0.05) is 12.1 Å². The van der Waals surface area contributed by atoms with E-state index < -0.39 is 0 Å². The third-order valence-corrected chi connectivity index (χ3v) is 5.12. The monoisotopic (exact) mass is 276 g/mol. The van der Waals surface area contributed by atoms with Gasteiger partial charge in [0.15, 0.2) is 0 Å². The van der Waals surface area contributed by atoms with Gasteiger partial charge in [0.25, 0.3) is 0 Å². The van der Waals surface area contributed by atoms with Crippen LogP contribution in [-0.2, 0) is 18.4 Å². The first-order valence-electron chi connectivity index (χ1n) is 6.53. The lowest BCUT2D eigenvalue weighted by Gasteiger charge is -2.22. The maximum absolute atomic E-state index is 13.0. The summed E-state index contributed by atoms with van der Waals surface area (Å²) in [6.45, 7) is 6.23. The molecular formula is C15H17FN2S. The third kappa shape index (κ3) is 2.30. The van der Waals surface area contributed by atoms with E-state index in [1.165, 1.54) is 22.7 Å². The summed E-state index contributed by atoms with van der Waals surface area (Å²) in [6, 6.07) is 6.75. The normalized spacial score (nSPS) is 15.3. The maximum Gasteiger partial charge on any atom is 0.123 e. The number of nitrogens with zero attached hydrogens (tertiary/aromatic N) is 1. The Morgan fingerprint density at radius 3 is 2.68 bits per heavy atom. The molecule has 2 nitrogen and oxygen atoms in total. The van der Waals surface area contributed by atoms with E-state index in [0.29, 0.717) is 0 Å². The van der Waals surface area contributed by atoms with Crippen LogP contribution in [0.4, 0.5) is 4.39 Å². The number of hydrogen-bond acceptors (Lipinski definition) is 3. The van der Waals surface area contributed by atoms with Crippen molar-refractivity contribution in [3.63, 3.8) is 0 Å². The van der Waals surface area contributed by atoms with Crippen LogP contribution in [0.5, 0.6) is 0 Å². The van der Waals surface area contributed by atoms with Crippen molar-refractivity contribution in [3.05, 3.63) is 51.2 Å². The molecular weight excluding hydrogens is 259 g/mol. The highest BCUT2D eigenvalue weighted by Gasteiger charge is 2.29. The van der Waals surface area contributed by atoms with Crippen molar-refractivity contribution in [2.24, 2.45) is 0 Å². The zero-order chi connectivity index (χ0) is 13.5. The molecule has 2 aromatic rings.